The number of nitrogens with one attached hydrogen (secondary N) is 1. The van der Waals surface area contributed by atoms with E-state index in [0.717, 1.165) is 12.1 Å². The van der Waals surface area contributed by atoms with Crippen LogP contribution in [-0.4, -0.2) is 36.0 Å². The first-order valence-electron chi connectivity index (χ1n) is 5.77. The lowest BCUT2D eigenvalue weighted by atomic mass is 10.1. The van der Waals surface area contributed by atoms with Gasteiger partial charge in [-0.3, -0.25) is 5.10 Å². The quantitative estimate of drug-likeness (QED) is 0.770. The second kappa shape index (κ2) is 6.39. The van der Waals surface area contributed by atoms with Crippen LogP contribution in [-0.2, 0) is 15.9 Å². The SMILES string of the molecule is COCC(C)OC(=O)c1cc(CC(C)C)[nH]n1. The second-order valence-electron chi connectivity index (χ2n) is 4.55. The zero-order valence-corrected chi connectivity index (χ0v) is 10.8. The number of H-pyrrole nitrogens is 1. The largest absolute Gasteiger partial charge is 0.455 e. The average molecular weight is 240 g/mol. The molecule has 0 saturated heterocycles. The van der Waals surface area contributed by atoms with Gasteiger partial charge in [0.1, 0.15) is 6.10 Å². The van der Waals surface area contributed by atoms with Gasteiger partial charge in [-0.2, -0.15) is 5.10 Å². The number of hydrogen-bond acceptors (Lipinski definition) is 4. The lowest BCUT2D eigenvalue weighted by molar-refractivity contribution is 0.0114. The highest BCUT2D eigenvalue weighted by molar-refractivity contribution is 5.87. The minimum atomic E-state index is -0.416. The molecule has 0 spiro atoms. The Morgan fingerprint density at radius 3 is 2.76 bits per heavy atom. The molecular formula is C12H20N2O3. The van der Waals surface area contributed by atoms with Gasteiger partial charge in [0.2, 0.25) is 0 Å². The summed E-state index contributed by atoms with van der Waals surface area (Å²) in [6, 6.07) is 1.74. The minimum Gasteiger partial charge on any atom is -0.455 e. The summed E-state index contributed by atoms with van der Waals surface area (Å²) in [5.74, 6) is 0.104. The number of aromatic amines is 1. The van der Waals surface area contributed by atoms with Crippen molar-refractivity contribution in [1.29, 1.82) is 0 Å². The zero-order valence-electron chi connectivity index (χ0n) is 10.8. The summed E-state index contributed by atoms with van der Waals surface area (Å²) in [5, 5.41) is 6.78. The van der Waals surface area contributed by atoms with Crippen molar-refractivity contribution in [2.75, 3.05) is 13.7 Å². The van der Waals surface area contributed by atoms with E-state index in [4.69, 9.17) is 9.47 Å². The molecule has 1 aromatic rings. The molecule has 0 aliphatic carbocycles. The van der Waals surface area contributed by atoms with Crippen LogP contribution in [0.1, 0.15) is 37.0 Å². The van der Waals surface area contributed by atoms with Crippen molar-refractivity contribution < 1.29 is 14.3 Å². The lowest BCUT2D eigenvalue weighted by Gasteiger charge is -2.10. The Morgan fingerprint density at radius 1 is 1.47 bits per heavy atom. The van der Waals surface area contributed by atoms with E-state index in [9.17, 15) is 4.79 Å². The van der Waals surface area contributed by atoms with Crippen LogP contribution >= 0.6 is 0 Å². The highest BCUT2D eigenvalue weighted by Gasteiger charge is 2.15. The monoisotopic (exact) mass is 240 g/mol. The molecule has 1 heterocycles. The van der Waals surface area contributed by atoms with Gasteiger partial charge in [0.25, 0.3) is 0 Å². The zero-order chi connectivity index (χ0) is 12.8. The number of aromatic nitrogens is 2. The van der Waals surface area contributed by atoms with Crippen LogP contribution in [0.5, 0.6) is 0 Å². The summed E-state index contributed by atoms with van der Waals surface area (Å²) in [7, 11) is 1.57. The third-order valence-electron chi connectivity index (χ3n) is 2.18. The van der Waals surface area contributed by atoms with Gasteiger partial charge in [0, 0.05) is 12.8 Å². The number of nitrogens with zero attached hydrogens (tertiary/aromatic N) is 1. The maximum atomic E-state index is 11.7. The Kier molecular flexibility index (Phi) is 5.15. The van der Waals surface area contributed by atoms with Gasteiger partial charge in [-0.25, -0.2) is 4.79 Å². The summed E-state index contributed by atoms with van der Waals surface area (Å²) < 4.78 is 10.0. The third-order valence-corrected chi connectivity index (χ3v) is 2.18. The molecule has 0 aliphatic heterocycles. The van der Waals surface area contributed by atoms with Gasteiger partial charge in [0.15, 0.2) is 5.69 Å². The van der Waals surface area contributed by atoms with Crippen molar-refractivity contribution in [3.63, 3.8) is 0 Å². The highest BCUT2D eigenvalue weighted by Crippen LogP contribution is 2.08. The van der Waals surface area contributed by atoms with E-state index in [2.05, 4.69) is 24.0 Å². The van der Waals surface area contributed by atoms with Crippen molar-refractivity contribution in [1.82, 2.24) is 10.2 Å². The van der Waals surface area contributed by atoms with Crippen LogP contribution in [0.2, 0.25) is 0 Å². The van der Waals surface area contributed by atoms with E-state index in [1.165, 1.54) is 0 Å². The fourth-order valence-electron chi connectivity index (χ4n) is 1.52. The first-order chi connectivity index (χ1) is 8.02. The molecule has 1 N–H and O–H groups in total. The Hall–Kier alpha value is -1.36. The summed E-state index contributed by atoms with van der Waals surface area (Å²) in [5.41, 5.74) is 1.27. The van der Waals surface area contributed by atoms with E-state index in [0.29, 0.717) is 18.2 Å². The van der Waals surface area contributed by atoms with Crippen LogP contribution in [0, 0.1) is 5.92 Å². The molecule has 1 rings (SSSR count). The molecule has 0 aliphatic rings. The van der Waals surface area contributed by atoms with E-state index in [1.807, 2.05) is 0 Å². The molecule has 5 heteroatoms. The molecule has 0 fully saturated rings. The molecule has 0 radical (unpaired) electrons. The van der Waals surface area contributed by atoms with Crippen LogP contribution in [0.4, 0.5) is 0 Å². The van der Waals surface area contributed by atoms with Crippen molar-refractivity contribution >= 4 is 5.97 Å². The van der Waals surface area contributed by atoms with Crippen molar-refractivity contribution in [2.45, 2.75) is 33.3 Å². The fourth-order valence-corrected chi connectivity index (χ4v) is 1.52. The van der Waals surface area contributed by atoms with Gasteiger partial charge in [-0.1, -0.05) is 13.8 Å². The molecular weight excluding hydrogens is 220 g/mol. The summed E-state index contributed by atoms with van der Waals surface area (Å²) in [6.07, 6.45) is 0.603. The number of ether oxygens (including phenoxy) is 2. The summed E-state index contributed by atoms with van der Waals surface area (Å²) >= 11 is 0. The topological polar surface area (TPSA) is 64.2 Å². The number of methoxy groups -OCH3 is 1. The fraction of sp³-hybridized carbons (Fsp3) is 0.667. The molecule has 1 atom stereocenters. The predicted molar refractivity (Wildman–Crippen MR) is 63.9 cm³/mol. The van der Waals surface area contributed by atoms with Crippen molar-refractivity contribution in [3.8, 4) is 0 Å². The van der Waals surface area contributed by atoms with E-state index in [-0.39, 0.29) is 6.10 Å². The van der Waals surface area contributed by atoms with Crippen LogP contribution in [0.15, 0.2) is 6.07 Å². The second-order valence-corrected chi connectivity index (χ2v) is 4.55. The van der Waals surface area contributed by atoms with Gasteiger partial charge in [0.05, 0.1) is 6.61 Å². The molecule has 1 unspecified atom stereocenters. The summed E-state index contributed by atoms with van der Waals surface area (Å²) in [6.45, 7) is 6.39. The Morgan fingerprint density at radius 2 is 2.18 bits per heavy atom. The number of carbonyl (C=O) groups is 1. The van der Waals surface area contributed by atoms with Gasteiger partial charge in [-0.05, 0) is 25.3 Å². The maximum absolute atomic E-state index is 11.7. The van der Waals surface area contributed by atoms with Crippen LogP contribution in [0.3, 0.4) is 0 Å². The normalized spacial score (nSPS) is 12.8. The number of carbonyl (C=O) groups excluding carboxylic acids is 1. The number of rotatable bonds is 6. The first-order valence-corrected chi connectivity index (χ1v) is 5.77. The van der Waals surface area contributed by atoms with E-state index < -0.39 is 5.97 Å². The Bertz CT molecular complexity index is 360. The smallest absolute Gasteiger partial charge is 0.359 e. The highest BCUT2D eigenvalue weighted by atomic mass is 16.6. The summed E-state index contributed by atoms with van der Waals surface area (Å²) in [4.78, 5) is 11.7. The molecule has 96 valence electrons. The van der Waals surface area contributed by atoms with Crippen LogP contribution < -0.4 is 0 Å². The Balaban J connectivity index is 2.54. The van der Waals surface area contributed by atoms with E-state index in [1.54, 1.807) is 20.1 Å². The molecule has 17 heavy (non-hydrogen) atoms. The molecule has 5 nitrogen and oxygen atoms in total. The molecule has 0 aromatic carbocycles. The predicted octanol–water partition coefficient (Wildman–Crippen LogP) is 1.80. The standard InChI is InChI=1S/C12H20N2O3/c1-8(2)5-10-6-11(14-13-10)12(15)17-9(3)7-16-4/h6,8-9H,5,7H2,1-4H3,(H,13,14). The molecule has 0 bridgehead atoms. The number of esters is 1. The molecule has 0 amide bonds. The first kappa shape index (κ1) is 13.7. The number of hydrogen-bond donors (Lipinski definition) is 1. The van der Waals surface area contributed by atoms with Gasteiger partial charge in [-0.15, -0.1) is 0 Å². The lowest BCUT2D eigenvalue weighted by Crippen LogP contribution is -2.19. The minimum absolute atomic E-state index is 0.266. The van der Waals surface area contributed by atoms with Crippen LogP contribution in [0.25, 0.3) is 0 Å². The van der Waals surface area contributed by atoms with E-state index >= 15 is 0 Å². The third kappa shape index (κ3) is 4.56. The average Bonchev–Trinajstić information content (AvgIpc) is 2.65. The maximum Gasteiger partial charge on any atom is 0.359 e. The van der Waals surface area contributed by atoms with Crippen molar-refractivity contribution in [2.24, 2.45) is 5.92 Å². The molecule has 1 aromatic heterocycles. The van der Waals surface area contributed by atoms with Gasteiger partial charge < -0.3 is 9.47 Å². The Labute approximate surface area is 102 Å². The van der Waals surface area contributed by atoms with Gasteiger partial charge >= 0.3 is 5.97 Å². The van der Waals surface area contributed by atoms with Crippen molar-refractivity contribution in [3.05, 3.63) is 17.5 Å². The molecule has 0 saturated carbocycles.